The van der Waals surface area contributed by atoms with Crippen LogP contribution in [0.3, 0.4) is 0 Å². The minimum Gasteiger partial charge on any atom is -0.352 e. The number of anilines is 2. The minimum absolute atomic E-state index is 0.0919. The van der Waals surface area contributed by atoms with Gasteiger partial charge in [0.25, 0.3) is 5.91 Å². The quantitative estimate of drug-likeness (QED) is 0.694. The van der Waals surface area contributed by atoms with Gasteiger partial charge in [-0.1, -0.05) is 22.9 Å². The van der Waals surface area contributed by atoms with Crippen molar-refractivity contribution in [1.82, 2.24) is 15.1 Å². The van der Waals surface area contributed by atoms with E-state index in [2.05, 4.69) is 55.0 Å². The second kappa shape index (κ2) is 9.11. The van der Waals surface area contributed by atoms with Gasteiger partial charge in [-0.15, -0.1) is 10.2 Å². The predicted molar refractivity (Wildman–Crippen MR) is 120 cm³/mol. The van der Waals surface area contributed by atoms with Crippen LogP contribution in [0.1, 0.15) is 43.0 Å². The zero-order valence-electron chi connectivity index (χ0n) is 16.9. The number of carbonyl (C=O) groups excluding carboxylic acids is 1. The summed E-state index contributed by atoms with van der Waals surface area (Å²) in [6.45, 7) is 6.27. The second-order valence-corrected chi connectivity index (χ2v) is 8.70. The molecule has 3 heterocycles. The average molecular weight is 458 g/mol. The molecule has 0 radical (unpaired) electrons. The second-order valence-electron chi connectivity index (χ2n) is 7.79. The van der Waals surface area contributed by atoms with Crippen LogP contribution in [0.5, 0.6) is 0 Å². The standard InChI is InChI=1S/C22H28BrN5O/c1-2-19-5-3-4-12-28(19)21-11-10-20(24-25-21)26-13-15-27(16-14-26)22(29)17-6-8-18(23)9-7-17/h6-11,19H,2-5,12-16H2,1H3. The van der Waals surface area contributed by atoms with E-state index < -0.39 is 0 Å². The van der Waals surface area contributed by atoms with E-state index in [9.17, 15) is 4.79 Å². The summed E-state index contributed by atoms with van der Waals surface area (Å²) >= 11 is 3.41. The third-order valence-corrected chi connectivity index (χ3v) is 6.54. The fraction of sp³-hybridized carbons (Fsp3) is 0.500. The van der Waals surface area contributed by atoms with Crippen molar-refractivity contribution in [3.8, 4) is 0 Å². The van der Waals surface area contributed by atoms with Crippen molar-refractivity contribution in [3.05, 3.63) is 46.4 Å². The van der Waals surface area contributed by atoms with Crippen molar-refractivity contribution in [3.63, 3.8) is 0 Å². The zero-order chi connectivity index (χ0) is 20.2. The number of piperazine rings is 1. The first kappa shape index (κ1) is 20.1. The lowest BCUT2D eigenvalue weighted by Crippen LogP contribution is -2.49. The highest BCUT2D eigenvalue weighted by molar-refractivity contribution is 9.10. The molecule has 1 aromatic carbocycles. The van der Waals surface area contributed by atoms with Crippen LogP contribution in [0.2, 0.25) is 0 Å². The molecule has 29 heavy (non-hydrogen) atoms. The van der Waals surface area contributed by atoms with Crippen LogP contribution in [-0.4, -0.2) is 59.8 Å². The molecular weight excluding hydrogens is 430 g/mol. The van der Waals surface area contributed by atoms with E-state index in [-0.39, 0.29) is 5.91 Å². The largest absolute Gasteiger partial charge is 0.352 e. The van der Waals surface area contributed by atoms with E-state index >= 15 is 0 Å². The Morgan fingerprint density at radius 3 is 2.31 bits per heavy atom. The van der Waals surface area contributed by atoms with Crippen LogP contribution < -0.4 is 9.80 Å². The molecule has 4 rings (SSSR count). The first-order chi connectivity index (χ1) is 14.2. The fourth-order valence-electron chi connectivity index (χ4n) is 4.28. The molecule has 2 aromatic rings. The average Bonchev–Trinajstić information content (AvgIpc) is 2.79. The molecule has 154 valence electrons. The van der Waals surface area contributed by atoms with E-state index in [1.54, 1.807) is 0 Å². The molecule has 0 spiro atoms. The molecule has 1 atom stereocenters. The van der Waals surface area contributed by atoms with Crippen LogP contribution in [0.4, 0.5) is 11.6 Å². The fourth-order valence-corrected chi connectivity index (χ4v) is 4.54. The molecule has 6 nitrogen and oxygen atoms in total. The molecule has 0 bridgehead atoms. The van der Waals surface area contributed by atoms with Gasteiger partial charge in [0.1, 0.15) is 0 Å². The maximum atomic E-state index is 12.7. The lowest BCUT2D eigenvalue weighted by Gasteiger charge is -2.37. The highest BCUT2D eigenvalue weighted by Gasteiger charge is 2.25. The number of piperidine rings is 1. The summed E-state index contributed by atoms with van der Waals surface area (Å²) in [7, 11) is 0. The number of rotatable bonds is 4. The van der Waals surface area contributed by atoms with Crippen LogP contribution in [-0.2, 0) is 0 Å². The zero-order valence-corrected chi connectivity index (χ0v) is 18.5. The molecule has 2 saturated heterocycles. The van der Waals surface area contributed by atoms with Crippen LogP contribution in [0, 0.1) is 0 Å². The van der Waals surface area contributed by atoms with Crippen LogP contribution >= 0.6 is 15.9 Å². The third kappa shape index (κ3) is 4.55. The molecule has 1 aromatic heterocycles. The summed E-state index contributed by atoms with van der Waals surface area (Å²) in [5.41, 5.74) is 0.734. The summed E-state index contributed by atoms with van der Waals surface area (Å²) in [4.78, 5) is 19.2. The molecular formula is C22H28BrN5O. The summed E-state index contributed by atoms with van der Waals surface area (Å²) < 4.78 is 0.982. The van der Waals surface area contributed by atoms with E-state index in [1.165, 1.54) is 19.3 Å². The molecule has 0 N–H and O–H groups in total. The lowest BCUT2D eigenvalue weighted by molar-refractivity contribution is 0.0746. The van der Waals surface area contributed by atoms with Crippen molar-refractivity contribution in [2.24, 2.45) is 0 Å². The minimum atomic E-state index is 0.0919. The first-order valence-corrected chi connectivity index (χ1v) is 11.3. The van der Waals surface area contributed by atoms with Crippen molar-refractivity contribution in [2.45, 2.75) is 38.6 Å². The molecule has 2 fully saturated rings. The van der Waals surface area contributed by atoms with Gasteiger partial charge >= 0.3 is 0 Å². The lowest BCUT2D eigenvalue weighted by atomic mass is 10.0. The Hall–Kier alpha value is -2.15. The number of carbonyl (C=O) groups is 1. The molecule has 1 unspecified atom stereocenters. The summed E-state index contributed by atoms with van der Waals surface area (Å²) in [6.07, 6.45) is 4.93. The normalized spacial score (nSPS) is 20.1. The monoisotopic (exact) mass is 457 g/mol. The maximum absolute atomic E-state index is 12.7. The van der Waals surface area contributed by atoms with E-state index in [0.29, 0.717) is 19.1 Å². The molecule has 7 heteroatoms. The Balaban J connectivity index is 1.36. The van der Waals surface area contributed by atoms with Crippen molar-refractivity contribution >= 4 is 33.5 Å². The molecule has 0 saturated carbocycles. The number of benzene rings is 1. The van der Waals surface area contributed by atoms with Gasteiger partial charge < -0.3 is 14.7 Å². The highest BCUT2D eigenvalue weighted by Crippen LogP contribution is 2.25. The topological polar surface area (TPSA) is 52.6 Å². The maximum Gasteiger partial charge on any atom is 0.253 e. The van der Waals surface area contributed by atoms with Gasteiger partial charge in [0.2, 0.25) is 0 Å². The Labute approximate surface area is 181 Å². The summed E-state index contributed by atoms with van der Waals surface area (Å²) in [5, 5.41) is 9.04. The van der Waals surface area contributed by atoms with Crippen molar-refractivity contribution in [2.75, 3.05) is 42.5 Å². The van der Waals surface area contributed by atoms with Gasteiger partial charge in [-0.2, -0.15) is 0 Å². The molecule has 2 aliphatic heterocycles. The van der Waals surface area contributed by atoms with Crippen LogP contribution in [0.25, 0.3) is 0 Å². The van der Waals surface area contributed by atoms with Gasteiger partial charge in [0, 0.05) is 48.8 Å². The number of halogens is 1. The van der Waals surface area contributed by atoms with E-state index in [4.69, 9.17) is 0 Å². The van der Waals surface area contributed by atoms with Gasteiger partial charge in [0.15, 0.2) is 11.6 Å². The Bertz CT molecular complexity index is 818. The van der Waals surface area contributed by atoms with Crippen molar-refractivity contribution in [1.29, 1.82) is 0 Å². The highest BCUT2D eigenvalue weighted by atomic mass is 79.9. The van der Waals surface area contributed by atoms with E-state index in [1.807, 2.05) is 29.2 Å². The predicted octanol–water partition coefficient (Wildman–Crippen LogP) is 3.97. The third-order valence-electron chi connectivity index (χ3n) is 6.01. The number of aromatic nitrogens is 2. The Kier molecular flexibility index (Phi) is 6.33. The number of hydrogen-bond acceptors (Lipinski definition) is 5. The van der Waals surface area contributed by atoms with Gasteiger partial charge in [-0.3, -0.25) is 4.79 Å². The van der Waals surface area contributed by atoms with Crippen LogP contribution in [0.15, 0.2) is 40.9 Å². The Morgan fingerprint density at radius 1 is 0.966 bits per heavy atom. The van der Waals surface area contributed by atoms with Gasteiger partial charge in [-0.05, 0) is 62.1 Å². The molecule has 1 amide bonds. The van der Waals surface area contributed by atoms with Crippen molar-refractivity contribution < 1.29 is 4.79 Å². The van der Waals surface area contributed by atoms with Gasteiger partial charge in [0.05, 0.1) is 0 Å². The summed E-state index contributed by atoms with van der Waals surface area (Å²) in [6, 6.07) is 12.3. The SMILES string of the molecule is CCC1CCCCN1c1ccc(N2CCN(C(=O)c3ccc(Br)cc3)CC2)nn1. The Morgan fingerprint density at radius 2 is 1.66 bits per heavy atom. The number of nitrogens with zero attached hydrogens (tertiary/aromatic N) is 5. The molecule has 0 aliphatic carbocycles. The smallest absolute Gasteiger partial charge is 0.253 e. The molecule has 2 aliphatic rings. The van der Waals surface area contributed by atoms with E-state index in [0.717, 1.165) is 47.7 Å². The first-order valence-electron chi connectivity index (χ1n) is 10.6. The number of amides is 1. The van der Waals surface area contributed by atoms with Gasteiger partial charge in [-0.25, -0.2) is 0 Å². The summed E-state index contributed by atoms with van der Waals surface area (Å²) in [5.74, 6) is 1.98. The number of hydrogen-bond donors (Lipinski definition) is 0.